The lowest BCUT2D eigenvalue weighted by atomic mass is 9.96. The van der Waals surface area contributed by atoms with Crippen LogP contribution in [0.4, 0.5) is 0 Å². The normalized spacial score (nSPS) is 19.6. The molecule has 0 aromatic carbocycles. The van der Waals surface area contributed by atoms with E-state index in [-0.39, 0.29) is 5.97 Å². The van der Waals surface area contributed by atoms with Crippen LogP contribution in [0.1, 0.15) is 26.2 Å². The number of carbonyl (C=O) groups is 1. The molecule has 1 heterocycles. The quantitative estimate of drug-likeness (QED) is 0.525. The minimum absolute atomic E-state index is 0.155. The van der Waals surface area contributed by atoms with E-state index in [0.717, 1.165) is 6.54 Å². The maximum absolute atomic E-state index is 10.9. The molecule has 1 saturated heterocycles. The Kier molecular flexibility index (Phi) is 5.40. The first-order valence-corrected chi connectivity index (χ1v) is 5.72. The molecule has 0 aromatic heterocycles. The van der Waals surface area contributed by atoms with E-state index >= 15 is 0 Å². The molecular formula is C12H21NO2. The van der Waals surface area contributed by atoms with Gasteiger partial charge >= 0.3 is 5.97 Å². The molecular weight excluding hydrogens is 190 g/mol. The van der Waals surface area contributed by atoms with E-state index in [1.54, 1.807) is 0 Å². The van der Waals surface area contributed by atoms with E-state index in [0.29, 0.717) is 12.3 Å². The molecule has 1 aliphatic heterocycles. The molecule has 15 heavy (non-hydrogen) atoms. The average molecular weight is 211 g/mol. The Morgan fingerprint density at radius 3 is 2.67 bits per heavy atom. The van der Waals surface area contributed by atoms with Gasteiger partial charge in [0.25, 0.3) is 0 Å². The summed E-state index contributed by atoms with van der Waals surface area (Å²) < 4.78 is 4.58. The van der Waals surface area contributed by atoms with Crippen LogP contribution in [0.15, 0.2) is 12.2 Å². The summed E-state index contributed by atoms with van der Waals surface area (Å²) in [5, 5.41) is 0. The maximum Gasteiger partial charge on any atom is 0.309 e. The number of ether oxygens (including phenoxy) is 1. The molecule has 0 aromatic rings. The van der Waals surface area contributed by atoms with Crippen molar-refractivity contribution in [2.45, 2.75) is 26.2 Å². The van der Waals surface area contributed by atoms with Gasteiger partial charge in [0.05, 0.1) is 13.5 Å². The zero-order valence-electron chi connectivity index (χ0n) is 9.74. The Hall–Kier alpha value is -0.830. The maximum atomic E-state index is 10.9. The molecule has 0 N–H and O–H groups in total. The third-order valence-electron chi connectivity index (χ3n) is 3.00. The van der Waals surface area contributed by atoms with Crippen molar-refractivity contribution in [3.8, 4) is 0 Å². The van der Waals surface area contributed by atoms with E-state index in [4.69, 9.17) is 0 Å². The highest BCUT2D eigenvalue weighted by molar-refractivity contribution is 5.70. The first-order valence-electron chi connectivity index (χ1n) is 5.72. The Morgan fingerprint density at radius 1 is 1.47 bits per heavy atom. The van der Waals surface area contributed by atoms with Crippen LogP contribution in [-0.2, 0) is 9.53 Å². The third kappa shape index (κ3) is 4.47. The molecule has 0 spiro atoms. The molecule has 0 unspecified atom stereocenters. The second kappa shape index (κ2) is 6.62. The molecule has 0 amide bonds. The van der Waals surface area contributed by atoms with Crippen molar-refractivity contribution in [3.05, 3.63) is 12.2 Å². The van der Waals surface area contributed by atoms with Gasteiger partial charge in [-0.3, -0.25) is 4.79 Å². The number of hydrogen-bond acceptors (Lipinski definition) is 3. The highest BCUT2D eigenvalue weighted by Crippen LogP contribution is 2.18. The van der Waals surface area contributed by atoms with Crippen LogP contribution in [0.25, 0.3) is 0 Å². The largest absolute Gasteiger partial charge is 0.469 e. The topological polar surface area (TPSA) is 29.5 Å². The Labute approximate surface area is 92.1 Å². The van der Waals surface area contributed by atoms with Gasteiger partial charge in [0.1, 0.15) is 0 Å². The minimum atomic E-state index is -0.155. The van der Waals surface area contributed by atoms with Gasteiger partial charge < -0.3 is 9.64 Å². The first-order chi connectivity index (χ1) is 7.26. The van der Waals surface area contributed by atoms with Crippen molar-refractivity contribution in [3.63, 3.8) is 0 Å². The predicted molar refractivity (Wildman–Crippen MR) is 60.6 cm³/mol. The molecule has 3 nitrogen and oxygen atoms in total. The standard InChI is InChI=1S/C12H21NO2/c1-3-13-9-7-11(8-10-13)5-4-6-12(14)15-2/h4-5,11H,3,6-10H2,1-2H3/b5-4-. The number of piperidine rings is 1. The van der Waals surface area contributed by atoms with E-state index in [1.807, 2.05) is 6.08 Å². The van der Waals surface area contributed by atoms with Crippen LogP contribution in [0, 0.1) is 5.92 Å². The lowest BCUT2D eigenvalue weighted by Gasteiger charge is -2.29. The Morgan fingerprint density at radius 2 is 2.13 bits per heavy atom. The predicted octanol–water partition coefficient (Wildman–Crippen LogP) is 1.84. The fourth-order valence-corrected chi connectivity index (χ4v) is 1.90. The third-order valence-corrected chi connectivity index (χ3v) is 3.00. The summed E-state index contributed by atoms with van der Waals surface area (Å²) in [4.78, 5) is 13.3. The fourth-order valence-electron chi connectivity index (χ4n) is 1.90. The average Bonchev–Trinajstić information content (AvgIpc) is 2.29. The highest BCUT2D eigenvalue weighted by Gasteiger charge is 2.15. The van der Waals surface area contributed by atoms with Crippen molar-refractivity contribution in [1.82, 2.24) is 4.90 Å². The number of hydrogen-bond donors (Lipinski definition) is 0. The summed E-state index contributed by atoms with van der Waals surface area (Å²) in [6.07, 6.45) is 6.95. The summed E-state index contributed by atoms with van der Waals surface area (Å²) in [7, 11) is 1.43. The number of nitrogens with zero attached hydrogens (tertiary/aromatic N) is 1. The van der Waals surface area contributed by atoms with Gasteiger partial charge in [-0.15, -0.1) is 0 Å². The molecule has 0 bridgehead atoms. The number of methoxy groups -OCH3 is 1. The van der Waals surface area contributed by atoms with Crippen molar-refractivity contribution in [2.24, 2.45) is 5.92 Å². The van der Waals surface area contributed by atoms with E-state index in [9.17, 15) is 4.79 Å². The highest BCUT2D eigenvalue weighted by atomic mass is 16.5. The van der Waals surface area contributed by atoms with Crippen LogP contribution in [0.2, 0.25) is 0 Å². The number of rotatable bonds is 4. The van der Waals surface area contributed by atoms with Crippen LogP contribution < -0.4 is 0 Å². The molecule has 1 fully saturated rings. The van der Waals surface area contributed by atoms with Crippen molar-refractivity contribution < 1.29 is 9.53 Å². The zero-order valence-corrected chi connectivity index (χ0v) is 9.74. The van der Waals surface area contributed by atoms with Crippen LogP contribution in [0.5, 0.6) is 0 Å². The zero-order chi connectivity index (χ0) is 11.1. The second-order valence-corrected chi connectivity index (χ2v) is 3.98. The summed E-state index contributed by atoms with van der Waals surface area (Å²) in [6.45, 7) is 5.72. The molecule has 86 valence electrons. The fraction of sp³-hybridized carbons (Fsp3) is 0.750. The van der Waals surface area contributed by atoms with E-state index in [1.165, 1.54) is 33.0 Å². The Bertz CT molecular complexity index is 218. The van der Waals surface area contributed by atoms with Gasteiger partial charge in [0, 0.05) is 0 Å². The van der Waals surface area contributed by atoms with Gasteiger partial charge in [0.15, 0.2) is 0 Å². The molecule has 0 radical (unpaired) electrons. The Balaban J connectivity index is 2.20. The lowest BCUT2D eigenvalue weighted by molar-refractivity contribution is -0.139. The SMILES string of the molecule is CCN1CCC(/C=C\CC(=O)OC)CC1. The van der Waals surface area contributed by atoms with Crippen molar-refractivity contribution >= 4 is 5.97 Å². The number of likely N-dealkylation sites (tertiary alicyclic amines) is 1. The number of allylic oxidation sites excluding steroid dienone is 1. The summed E-state index contributed by atoms with van der Waals surface area (Å²) >= 11 is 0. The smallest absolute Gasteiger partial charge is 0.309 e. The van der Waals surface area contributed by atoms with Gasteiger partial charge in [-0.2, -0.15) is 0 Å². The monoisotopic (exact) mass is 211 g/mol. The van der Waals surface area contributed by atoms with Crippen LogP contribution in [0.3, 0.4) is 0 Å². The summed E-state index contributed by atoms with van der Waals surface area (Å²) in [5.41, 5.74) is 0. The molecule has 1 aliphatic rings. The summed E-state index contributed by atoms with van der Waals surface area (Å²) in [6, 6.07) is 0. The minimum Gasteiger partial charge on any atom is -0.469 e. The molecule has 0 aliphatic carbocycles. The number of esters is 1. The molecule has 1 rings (SSSR count). The second-order valence-electron chi connectivity index (χ2n) is 3.98. The van der Waals surface area contributed by atoms with Gasteiger partial charge in [-0.05, 0) is 38.4 Å². The van der Waals surface area contributed by atoms with Gasteiger partial charge in [0.2, 0.25) is 0 Å². The van der Waals surface area contributed by atoms with Crippen molar-refractivity contribution in [1.29, 1.82) is 0 Å². The van der Waals surface area contributed by atoms with E-state index < -0.39 is 0 Å². The summed E-state index contributed by atoms with van der Waals surface area (Å²) in [5.74, 6) is 0.495. The van der Waals surface area contributed by atoms with Crippen molar-refractivity contribution in [2.75, 3.05) is 26.7 Å². The van der Waals surface area contributed by atoms with Gasteiger partial charge in [-0.1, -0.05) is 19.1 Å². The van der Waals surface area contributed by atoms with Crippen LogP contribution in [-0.4, -0.2) is 37.6 Å². The van der Waals surface area contributed by atoms with E-state index in [2.05, 4.69) is 22.6 Å². The lowest BCUT2D eigenvalue weighted by Crippen LogP contribution is -2.32. The molecule has 0 saturated carbocycles. The first kappa shape index (κ1) is 12.2. The molecule has 3 heteroatoms. The van der Waals surface area contributed by atoms with Crippen LogP contribution >= 0.6 is 0 Å². The molecule has 0 atom stereocenters. The van der Waals surface area contributed by atoms with Gasteiger partial charge in [-0.25, -0.2) is 0 Å². The number of carbonyl (C=O) groups excluding carboxylic acids is 1.